The first-order valence-corrected chi connectivity index (χ1v) is 9.14. The fourth-order valence-electron chi connectivity index (χ4n) is 2.78. The van der Waals surface area contributed by atoms with Crippen molar-refractivity contribution in [3.05, 3.63) is 11.7 Å². The molecule has 3 atom stereocenters. The summed E-state index contributed by atoms with van der Waals surface area (Å²) >= 11 is 0. The third kappa shape index (κ3) is 5.15. The van der Waals surface area contributed by atoms with E-state index in [0.717, 1.165) is 27.9 Å². The number of halogens is 7. The highest BCUT2D eigenvalue weighted by molar-refractivity contribution is 6.14. The maximum atomic E-state index is 14.6. The van der Waals surface area contributed by atoms with Gasteiger partial charge in [-0.15, -0.1) is 0 Å². The topological polar surface area (TPSA) is 45.2 Å². The molecule has 0 spiro atoms. The molecule has 0 bridgehead atoms. The van der Waals surface area contributed by atoms with E-state index in [1.807, 2.05) is 0 Å². The Labute approximate surface area is 170 Å². The smallest absolute Gasteiger partial charge is 0.332 e. The number of allylic oxidation sites excluding steroid dienone is 2. The molecular formula is C17H21BF7N5. The first-order chi connectivity index (χ1) is 13.6. The van der Waals surface area contributed by atoms with Crippen LogP contribution in [-0.2, 0) is 0 Å². The SMILES string of the molecule is [B][C@@H]1CCCC(c2nc(N(C)[C@H](C)C(F)(F)F)nc(N(C)[C@H](C)C(F)(F)F)n2)=C1F. The van der Waals surface area contributed by atoms with Gasteiger partial charge in [-0.3, -0.25) is 0 Å². The van der Waals surface area contributed by atoms with Crippen LogP contribution in [-0.4, -0.2) is 61.3 Å². The third-order valence-corrected chi connectivity index (χ3v) is 5.18. The van der Waals surface area contributed by atoms with Crippen LogP contribution in [0.1, 0.15) is 38.9 Å². The minimum absolute atomic E-state index is 0.0419. The molecule has 1 aliphatic carbocycles. The first-order valence-electron chi connectivity index (χ1n) is 9.14. The number of rotatable bonds is 5. The Morgan fingerprint density at radius 3 is 1.73 bits per heavy atom. The summed E-state index contributed by atoms with van der Waals surface area (Å²) < 4.78 is 93.4. The monoisotopic (exact) mass is 439 g/mol. The minimum atomic E-state index is -4.65. The van der Waals surface area contributed by atoms with Crippen molar-refractivity contribution in [2.24, 2.45) is 0 Å². The van der Waals surface area contributed by atoms with Crippen LogP contribution in [0.2, 0.25) is 5.82 Å². The standard InChI is InChI=1S/C17H21BF7N5/c1-8(16(20,21)22)29(3)14-26-13(10-6-5-7-11(18)12(10)19)27-15(28-14)30(4)9(2)17(23,24)25/h8-9,11H,5-7H2,1-4H3/t8-,9-,11-/m1/s1. The average molecular weight is 439 g/mol. The molecule has 0 saturated heterocycles. The van der Waals surface area contributed by atoms with Crippen LogP contribution in [0.4, 0.5) is 42.6 Å². The quantitative estimate of drug-likeness (QED) is 0.501. The van der Waals surface area contributed by atoms with E-state index in [2.05, 4.69) is 15.0 Å². The lowest BCUT2D eigenvalue weighted by Crippen LogP contribution is -2.44. The lowest BCUT2D eigenvalue weighted by molar-refractivity contribution is -0.144. The number of aromatic nitrogens is 3. The molecule has 5 nitrogen and oxygen atoms in total. The number of alkyl halides is 6. The molecule has 30 heavy (non-hydrogen) atoms. The van der Waals surface area contributed by atoms with Gasteiger partial charge in [0.2, 0.25) is 11.9 Å². The van der Waals surface area contributed by atoms with Gasteiger partial charge in [-0.25, -0.2) is 4.39 Å². The molecule has 1 heterocycles. The summed E-state index contributed by atoms with van der Waals surface area (Å²) in [6.07, 6.45) is -8.31. The zero-order chi connectivity index (χ0) is 23.0. The van der Waals surface area contributed by atoms with Gasteiger partial charge in [-0.2, -0.15) is 41.3 Å². The highest BCUT2D eigenvalue weighted by atomic mass is 19.4. The van der Waals surface area contributed by atoms with E-state index in [1.165, 1.54) is 0 Å². The number of nitrogens with zero attached hydrogens (tertiary/aromatic N) is 5. The van der Waals surface area contributed by atoms with E-state index in [0.29, 0.717) is 22.6 Å². The number of hydrogen-bond acceptors (Lipinski definition) is 5. The van der Waals surface area contributed by atoms with Crippen LogP contribution in [0.15, 0.2) is 5.83 Å². The molecule has 0 aromatic carbocycles. The summed E-state index contributed by atoms with van der Waals surface area (Å²) in [4.78, 5) is 12.9. The fourth-order valence-corrected chi connectivity index (χ4v) is 2.78. The first kappa shape index (κ1) is 24.2. The van der Waals surface area contributed by atoms with Gasteiger partial charge in [0.1, 0.15) is 17.9 Å². The van der Waals surface area contributed by atoms with E-state index in [1.54, 1.807) is 0 Å². The molecular weight excluding hydrogens is 418 g/mol. The summed E-state index contributed by atoms with van der Waals surface area (Å²) in [5.41, 5.74) is -0.0419. The maximum Gasteiger partial charge on any atom is 0.408 e. The van der Waals surface area contributed by atoms with Crippen LogP contribution in [0, 0.1) is 0 Å². The predicted molar refractivity (Wildman–Crippen MR) is 99.1 cm³/mol. The Morgan fingerprint density at radius 2 is 1.33 bits per heavy atom. The molecule has 0 unspecified atom stereocenters. The molecule has 2 radical (unpaired) electrons. The van der Waals surface area contributed by atoms with Gasteiger partial charge >= 0.3 is 12.4 Å². The fraction of sp³-hybridized carbons (Fsp3) is 0.706. The normalized spacial score (nSPS) is 20.2. The van der Waals surface area contributed by atoms with Gasteiger partial charge in [0.05, 0.1) is 7.85 Å². The van der Waals surface area contributed by atoms with Crippen LogP contribution in [0.3, 0.4) is 0 Å². The van der Waals surface area contributed by atoms with E-state index in [-0.39, 0.29) is 17.8 Å². The van der Waals surface area contributed by atoms with Gasteiger partial charge in [0, 0.05) is 19.7 Å². The highest BCUT2D eigenvalue weighted by Crippen LogP contribution is 2.38. The Kier molecular flexibility index (Phi) is 6.92. The second kappa shape index (κ2) is 8.58. The van der Waals surface area contributed by atoms with Crippen molar-refractivity contribution < 1.29 is 30.7 Å². The van der Waals surface area contributed by atoms with E-state index in [4.69, 9.17) is 7.85 Å². The molecule has 0 aliphatic heterocycles. The Balaban J connectivity index is 2.61. The summed E-state index contributed by atoms with van der Waals surface area (Å²) in [5.74, 6) is -3.05. The van der Waals surface area contributed by atoms with Gasteiger partial charge < -0.3 is 9.80 Å². The molecule has 0 fully saturated rings. The molecule has 1 aromatic heterocycles. The van der Waals surface area contributed by atoms with Crippen LogP contribution < -0.4 is 9.80 Å². The molecule has 2 rings (SSSR count). The second-order valence-electron chi connectivity index (χ2n) is 7.24. The molecule has 166 valence electrons. The van der Waals surface area contributed by atoms with Crippen molar-refractivity contribution in [1.82, 2.24) is 15.0 Å². The van der Waals surface area contributed by atoms with Gasteiger partial charge in [0.25, 0.3) is 0 Å². The van der Waals surface area contributed by atoms with E-state index >= 15 is 0 Å². The zero-order valence-electron chi connectivity index (χ0n) is 16.8. The van der Waals surface area contributed by atoms with Crippen LogP contribution in [0.5, 0.6) is 0 Å². The van der Waals surface area contributed by atoms with E-state index in [9.17, 15) is 30.7 Å². The van der Waals surface area contributed by atoms with Crippen LogP contribution >= 0.6 is 0 Å². The van der Waals surface area contributed by atoms with Gasteiger partial charge in [-0.05, 0) is 32.5 Å². The molecule has 0 saturated carbocycles. The molecule has 0 N–H and O–H groups in total. The average Bonchev–Trinajstić information content (AvgIpc) is 2.65. The lowest BCUT2D eigenvalue weighted by atomic mass is 9.76. The van der Waals surface area contributed by atoms with Crippen molar-refractivity contribution in [3.63, 3.8) is 0 Å². The number of hydrogen-bond donors (Lipinski definition) is 0. The lowest BCUT2D eigenvalue weighted by Gasteiger charge is -2.30. The van der Waals surface area contributed by atoms with Gasteiger partial charge in [-0.1, -0.05) is 6.42 Å². The Bertz CT molecular complexity index is 751. The minimum Gasteiger partial charge on any atom is -0.332 e. The molecule has 1 aliphatic rings. The summed E-state index contributed by atoms with van der Waals surface area (Å²) in [5, 5.41) is 0. The molecule has 0 amide bonds. The highest BCUT2D eigenvalue weighted by Gasteiger charge is 2.42. The third-order valence-electron chi connectivity index (χ3n) is 5.18. The maximum absolute atomic E-state index is 14.6. The predicted octanol–water partition coefficient (Wildman–Crippen LogP) is 4.47. The zero-order valence-corrected chi connectivity index (χ0v) is 16.8. The summed E-state index contributed by atoms with van der Waals surface area (Å²) in [7, 11) is 7.78. The van der Waals surface area contributed by atoms with Crippen molar-refractivity contribution in [2.75, 3.05) is 23.9 Å². The number of anilines is 2. The van der Waals surface area contributed by atoms with Crippen LogP contribution in [0.25, 0.3) is 5.57 Å². The van der Waals surface area contributed by atoms with Gasteiger partial charge in [0.15, 0.2) is 5.82 Å². The molecule has 1 aromatic rings. The summed E-state index contributed by atoms with van der Waals surface area (Å²) in [6, 6.07) is -4.09. The largest absolute Gasteiger partial charge is 0.408 e. The van der Waals surface area contributed by atoms with E-state index < -0.39 is 48.0 Å². The second-order valence-corrected chi connectivity index (χ2v) is 7.24. The van der Waals surface area contributed by atoms with Crippen molar-refractivity contribution >= 4 is 25.3 Å². The van der Waals surface area contributed by atoms with Crippen molar-refractivity contribution in [2.45, 2.75) is 63.4 Å². The van der Waals surface area contributed by atoms with Crippen molar-refractivity contribution in [3.8, 4) is 0 Å². The summed E-state index contributed by atoms with van der Waals surface area (Å²) in [6.45, 7) is 1.70. The Hall–Kier alpha value is -2.08. The molecule has 13 heteroatoms. The van der Waals surface area contributed by atoms with Crippen molar-refractivity contribution in [1.29, 1.82) is 0 Å². The Morgan fingerprint density at radius 1 is 0.900 bits per heavy atom.